The Labute approximate surface area is 172 Å². The van der Waals surface area contributed by atoms with Gasteiger partial charge in [0.1, 0.15) is 0 Å². The van der Waals surface area contributed by atoms with Crippen molar-refractivity contribution < 1.29 is 9.90 Å². The van der Waals surface area contributed by atoms with Crippen LogP contribution in [0.2, 0.25) is 0 Å². The number of allylic oxidation sites excluding steroid dienone is 1. The molecule has 1 amide bonds. The molecule has 0 aliphatic rings. The number of nitrogens with zero attached hydrogens (tertiary/aromatic N) is 1. The van der Waals surface area contributed by atoms with Crippen LogP contribution >= 0.6 is 15.9 Å². The molecule has 0 atom stereocenters. The number of hydrogen-bond donors (Lipinski definition) is 2. The van der Waals surface area contributed by atoms with Crippen LogP contribution in [0.4, 0.5) is 0 Å². The van der Waals surface area contributed by atoms with Crippen molar-refractivity contribution in [3.05, 3.63) is 112 Å². The van der Waals surface area contributed by atoms with E-state index in [0.717, 1.165) is 5.56 Å². The zero-order valence-corrected chi connectivity index (χ0v) is 16.6. The summed E-state index contributed by atoms with van der Waals surface area (Å²) in [5.41, 5.74) is 2.52. The maximum absolute atomic E-state index is 12.9. The third kappa shape index (κ3) is 4.63. The van der Waals surface area contributed by atoms with Crippen LogP contribution in [0.15, 0.2) is 101 Å². The first-order chi connectivity index (χ1) is 13.6. The minimum atomic E-state index is -1.85. The SMILES string of the molecule is O=C(N/N=C\C(Br)=C\c1ccccc1)C(O)(c1ccccc1)c1ccccc1. The van der Waals surface area contributed by atoms with Crippen molar-refractivity contribution in [2.45, 2.75) is 5.60 Å². The van der Waals surface area contributed by atoms with E-state index in [4.69, 9.17) is 0 Å². The number of amides is 1. The number of carbonyl (C=O) groups excluding carboxylic acids is 1. The second-order valence-corrected chi connectivity index (χ2v) is 7.00. The van der Waals surface area contributed by atoms with Crippen molar-refractivity contribution >= 4 is 34.1 Å². The highest BCUT2D eigenvalue weighted by atomic mass is 79.9. The van der Waals surface area contributed by atoms with Gasteiger partial charge in [-0.1, -0.05) is 91.0 Å². The molecule has 0 aliphatic heterocycles. The Morgan fingerprint density at radius 3 is 1.82 bits per heavy atom. The molecule has 4 nitrogen and oxygen atoms in total. The van der Waals surface area contributed by atoms with Gasteiger partial charge in [0.15, 0.2) is 5.60 Å². The lowest BCUT2D eigenvalue weighted by molar-refractivity contribution is -0.136. The van der Waals surface area contributed by atoms with Crippen molar-refractivity contribution in [1.82, 2.24) is 5.43 Å². The van der Waals surface area contributed by atoms with Gasteiger partial charge >= 0.3 is 0 Å². The molecule has 3 aromatic rings. The summed E-state index contributed by atoms with van der Waals surface area (Å²) in [7, 11) is 0. The molecule has 0 heterocycles. The van der Waals surface area contributed by atoms with Gasteiger partial charge < -0.3 is 5.11 Å². The quantitative estimate of drug-likeness (QED) is 0.444. The first kappa shape index (κ1) is 19.7. The highest BCUT2D eigenvalue weighted by Gasteiger charge is 2.39. The number of aliphatic hydroxyl groups is 1. The van der Waals surface area contributed by atoms with Gasteiger partial charge in [-0.15, -0.1) is 0 Å². The second-order valence-electron chi connectivity index (χ2n) is 6.08. The Morgan fingerprint density at radius 2 is 1.32 bits per heavy atom. The summed E-state index contributed by atoms with van der Waals surface area (Å²) in [5, 5.41) is 15.3. The van der Waals surface area contributed by atoms with Crippen LogP contribution in [0.1, 0.15) is 16.7 Å². The zero-order chi connectivity index (χ0) is 19.8. The lowest BCUT2D eigenvalue weighted by Gasteiger charge is -2.27. The molecule has 0 saturated carbocycles. The average molecular weight is 435 g/mol. The van der Waals surface area contributed by atoms with Crippen LogP contribution in [0.25, 0.3) is 6.08 Å². The summed E-state index contributed by atoms with van der Waals surface area (Å²) in [6.45, 7) is 0. The Bertz CT molecular complexity index is 932. The molecule has 0 aliphatic carbocycles. The van der Waals surface area contributed by atoms with Crippen LogP contribution in [0.5, 0.6) is 0 Å². The Balaban J connectivity index is 1.82. The molecule has 140 valence electrons. The monoisotopic (exact) mass is 434 g/mol. The van der Waals surface area contributed by atoms with Gasteiger partial charge in [-0.2, -0.15) is 5.10 Å². The van der Waals surface area contributed by atoms with E-state index in [1.807, 2.05) is 48.5 Å². The first-order valence-electron chi connectivity index (χ1n) is 8.70. The molecule has 3 rings (SSSR count). The molecular formula is C23H19BrN2O2. The number of hydrazone groups is 1. The molecule has 5 heteroatoms. The van der Waals surface area contributed by atoms with Gasteiger partial charge in [-0.05, 0) is 38.7 Å². The van der Waals surface area contributed by atoms with Crippen LogP contribution in [0.3, 0.4) is 0 Å². The number of hydrogen-bond acceptors (Lipinski definition) is 3. The predicted octanol–water partition coefficient (Wildman–Crippen LogP) is 4.46. The fraction of sp³-hybridized carbons (Fsp3) is 0.0435. The minimum Gasteiger partial charge on any atom is -0.372 e. The molecule has 0 spiro atoms. The first-order valence-corrected chi connectivity index (χ1v) is 9.49. The minimum absolute atomic E-state index is 0.466. The summed E-state index contributed by atoms with van der Waals surface area (Å²) in [5.74, 6) is -0.638. The number of nitrogens with one attached hydrogen (secondary N) is 1. The maximum Gasteiger partial charge on any atom is 0.281 e. The van der Waals surface area contributed by atoms with Crippen molar-refractivity contribution in [2.75, 3.05) is 0 Å². The largest absolute Gasteiger partial charge is 0.372 e. The Hall–Kier alpha value is -3.02. The van der Waals surface area contributed by atoms with E-state index in [9.17, 15) is 9.90 Å². The molecule has 3 aromatic carbocycles. The Kier molecular flexibility index (Phi) is 6.53. The molecular weight excluding hydrogens is 416 g/mol. The molecule has 0 unspecified atom stereocenters. The number of rotatable bonds is 6. The van der Waals surface area contributed by atoms with Gasteiger partial charge in [0.25, 0.3) is 5.91 Å². The summed E-state index contributed by atoms with van der Waals surface area (Å²) < 4.78 is 0.682. The van der Waals surface area contributed by atoms with Gasteiger partial charge in [0.2, 0.25) is 0 Å². The normalized spacial score (nSPS) is 12.1. The number of benzene rings is 3. The van der Waals surface area contributed by atoms with Gasteiger partial charge in [-0.3, -0.25) is 4.79 Å². The van der Waals surface area contributed by atoms with Gasteiger partial charge in [-0.25, -0.2) is 5.43 Å². The molecule has 2 N–H and O–H groups in total. The van der Waals surface area contributed by atoms with Crippen LogP contribution in [0, 0.1) is 0 Å². The third-order valence-electron chi connectivity index (χ3n) is 4.17. The van der Waals surface area contributed by atoms with Crippen molar-refractivity contribution in [3.63, 3.8) is 0 Å². The number of carbonyl (C=O) groups is 1. The van der Waals surface area contributed by atoms with E-state index in [1.54, 1.807) is 48.5 Å². The molecule has 0 bridgehead atoms. The average Bonchev–Trinajstić information content (AvgIpc) is 2.75. The topological polar surface area (TPSA) is 61.7 Å². The van der Waals surface area contributed by atoms with E-state index in [2.05, 4.69) is 26.5 Å². The summed E-state index contributed by atoms with van der Waals surface area (Å²) in [6.07, 6.45) is 3.34. The molecule has 0 radical (unpaired) electrons. The molecule has 28 heavy (non-hydrogen) atoms. The fourth-order valence-electron chi connectivity index (χ4n) is 2.77. The molecule has 0 fully saturated rings. The number of halogens is 1. The van der Waals surface area contributed by atoms with Crippen LogP contribution < -0.4 is 5.43 Å². The maximum atomic E-state index is 12.9. The van der Waals surface area contributed by atoms with E-state index in [1.165, 1.54) is 6.21 Å². The van der Waals surface area contributed by atoms with Crippen LogP contribution in [-0.4, -0.2) is 17.2 Å². The predicted molar refractivity (Wildman–Crippen MR) is 116 cm³/mol. The summed E-state index contributed by atoms with van der Waals surface area (Å²) in [4.78, 5) is 12.9. The van der Waals surface area contributed by atoms with Crippen molar-refractivity contribution in [3.8, 4) is 0 Å². The lowest BCUT2D eigenvalue weighted by Crippen LogP contribution is -2.43. The zero-order valence-electron chi connectivity index (χ0n) is 15.0. The van der Waals surface area contributed by atoms with Crippen molar-refractivity contribution in [1.29, 1.82) is 0 Å². The van der Waals surface area contributed by atoms with E-state index < -0.39 is 11.5 Å². The smallest absolute Gasteiger partial charge is 0.281 e. The van der Waals surface area contributed by atoms with E-state index in [0.29, 0.717) is 15.6 Å². The molecule has 0 aromatic heterocycles. The Morgan fingerprint density at radius 1 is 0.857 bits per heavy atom. The second kappa shape index (κ2) is 9.26. The van der Waals surface area contributed by atoms with Gasteiger partial charge in [0, 0.05) is 4.48 Å². The third-order valence-corrected chi connectivity index (χ3v) is 4.60. The highest BCUT2D eigenvalue weighted by molar-refractivity contribution is 9.12. The standard InChI is InChI=1S/C23H19BrN2O2/c24-21(16-18-10-4-1-5-11-18)17-25-26-22(27)23(28,19-12-6-2-7-13-19)20-14-8-3-9-15-20/h1-17,28H,(H,26,27)/b21-16-,25-17-. The highest BCUT2D eigenvalue weighted by Crippen LogP contribution is 2.29. The van der Waals surface area contributed by atoms with Crippen LogP contribution in [-0.2, 0) is 10.4 Å². The van der Waals surface area contributed by atoms with Gasteiger partial charge in [0.05, 0.1) is 6.21 Å². The van der Waals surface area contributed by atoms with E-state index in [-0.39, 0.29) is 0 Å². The summed E-state index contributed by atoms with van der Waals surface area (Å²) >= 11 is 3.40. The van der Waals surface area contributed by atoms with E-state index >= 15 is 0 Å². The lowest BCUT2D eigenvalue weighted by atomic mass is 9.85. The molecule has 0 saturated heterocycles. The fourth-order valence-corrected chi connectivity index (χ4v) is 3.13. The van der Waals surface area contributed by atoms with Crippen molar-refractivity contribution in [2.24, 2.45) is 5.10 Å². The summed E-state index contributed by atoms with van der Waals surface area (Å²) in [6, 6.07) is 27.3.